The van der Waals surface area contributed by atoms with E-state index in [0.717, 1.165) is 30.9 Å². The maximum atomic E-state index is 14.0. The summed E-state index contributed by atoms with van der Waals surface area (Å²) in [5.74, 6) is -0.449. The van der Waals surface area contributed by atoms with Crippen LogP contribution in [0.1, 0.15) is 40.0 Å². The number of nitrogens with zero attached hydrogens (tertiary/aromatic N) is 4. The number of hydrogen-bond acceptors (Lipinski definition) is 4. The van der Waals surface area contributed by atoms with Crippen molar-refractivity contribution in [1.82, 2.24) is 24.6 Å². The maximum Gasteiger partial charge on any atom is 0.273 e. The Morgan fingerprint density at radius 1 is 1.17 bits per heavy atom. The third kappa shape index (κ3) is 5.07. The Labute approximate surface area is 167 Å². The smallest absolute Gasteiger partial charge is 0.273 e. The van der Waals surface area contributed by atoms with Gasteiger partial charge in [0.05, 0.1) is 0 Å². The van der Waals surface area contributed by atoms with Crippen molar-refractivity contribution in [2.45, 2.75) is 26.3 Å². The van der Waals surface area contributed by atoms with E-state index < -0.39 is 17.6 Å². The molecule has 0 atom stereocenters. The van der Waals surface area contributed by atoms with Gasteiger partial charge in [-0.15, -0.1) is 0 Å². The first-order chi connectivity index (χ1) is 14.0. The van der Waals surface area contributed by atoms with Crippen LogP contribution in [0.25, 0.3) is 0 Å². The van der Waals surface area contributed by atoms with Gasteiger partial charge < -0.3 is 15.2 Å². The molecule has 2 N–H and O–H groups in total. The van der Waals surface area contributed by atoms with Crippen molar-refractivity contribution in [3.63, 3.8) is 0 Å². The molecule has 152 valence electrons. The molecule has 1 aromatic carbocycles. The highest BCUT2D eigenvalue weighted by atomic mass is 19.1. The van der Waals surface area contributed by atoms with E-state index in [9.17, 15) is 14.0 Å². The van der Waals surface area contributed by atoms with Gasteiger partial charge in [-0.05, 0) is 30.7 Å². The number of anilines is 1. The number of aryl methyl sites for hydroxylation is 3. The van der Waals surface area contributed by atoms with Crippen LogP contribution >= 0.6 is 0 Å². The number of nitrogens with one attached hydrogen (secondary N) is 2. The van der Waals surface area contributed by atoms with E-state index in [4.69, 9.17) is 0 Å². The van der Waals surface area contributed by atoms with Gasteiger partial charge >= 0.3 is 0 Å². The molecule has 0 spiro atoms. The van der Waals surface area contributed by atoms with Gasteiger partial charge in [0.25, 0.3) is 11.8 Å². The minimum atomic E-state index is -0.607. The van der Waals surface area contributed by atoms with Crippen molar-refractivity contribution in [2.24, 2.45) is 7.05 Å². The van der Waals surface area contributed by atoms with Gasteiger partial charge in [0.15, 0.2) is 0 Å². The molecule has 0 aliphatic rings. The molecule has 0 saturated heterocycles. The van der Waals surface area contributed by atoms with Crippen LogP contribution in [-0.4, -0.2) is 37.7 Å². The standard InChI is InChI=1S/C20H23FN6O2/c1-3-18-22-8-10-27(18)9-4-6-23-19(28)14-11-15(21)13-16(12-14)25-20(29)17-5-7-24-26(17)2/h5,7-8,10-13H,3-4,6,9H2,1-2H3,(H,23,28)(H,25,29). The lowest BCUT2D eigenvalue weighted by molar-refractivity contribution is 0.0950. The fourth-order valence-electron chi connectivity index (χ4n) is 3.00. The number of hydrogen-bond donors (Lipinski definition) is 2. The molecule has 8 nitrogen and oxygen atoms in total. The molecule has 2 heterocycles. The van der Waals surface area contributed by atoms with Gasteiger partial charge in [-0.25, -0.2) is 9.37 Å². The number of rotatable bonds is 8. The number of carbonyl (C=O) groups excluding carboxylic acids is 2. The third-order valence-electron chi connectivity index (χ3n) is 4.45. The van der Waals surface area contributed by atoms with Crippen molar-refractivity contribution >= 4 is 17.5 Å². The Kier molecular flexibility index (Phi) is 6.38. The summed E-state index contributed by atoms with van der Waals surface area (Å²) in [6.07, 6.45) is 6.72. The normalized spacial score (nSPS) is 10.7. The Morgan fingerprint density at radius 2 is 2.00 bits per heavy atom. The molecule has 0 unspecified atom stereocenters. The molecule has 0 bridgehead atoms. The summed E-state index contributed by atoms with van der Waals surface area (Å²) in [7, 11) is 1.63. The summed E-state index contributed by atoms with van der Waals surface area (Å²) >= 11 is 0. The van der Waals surface area contributed by atoms with Crippen LogP contribution in [0.3, 0.4) is 0 Å². The molecule has 3 aromatic rings. The molecular formula is C20H23FN6O2. The Hall–Kier alpha value is -3.49. The number of amides is 2. The fraction of sp³-hybridized carbons (Fsp3) is 0.300. The number of carbonyl (C=O) groups is 2. The van der Waals surface area contributed by atoms with E-state index in [2.05, 4.69) is 20.7 Å². The highest BCUT2D eigenvalue weighted by Gasteiger charge is 2.13. The average Bonchev–Trinajstić information content (AvgIpc) is 3.32. The molecule has 0 fully saturated rings. The summed E-state index contributed by atoms with van der Waals surface area (Å²) in [6.45, 7) is 3.21. The average molecular weight is 398 g/mol. The lowest BCUT2D eigenvalue weighted by atomic mass is 10.1. The minimum Gasteiger partial charge on any atom is -0.352 e. The largest absolute Gasteiger partial charge is 0.352 e. The zero-order valence-electron chi connectivity index (χ0n) is 16.4. The topological polar surface area (TPSA) is 93.8 Å². The lowest BCUT2D eigenvalue weighted by Gasteiger charge is -2.10. The molecule has 29 heavy (non-hydrogen) atoms. The molecule has 0 saturated carbocycles. The first kappa shape index (κ1) is 20.2. The van der Waals surface area contributed by atoms with E-state index in [1.54, 1.807) is 19.3 Å². The first-order valence-electron chi connectivity index (χ1n) is 9.36. The summed E-state index contributed by atoms with van der Waals surface area (Å²) in [4.78, 5) is 28.9. The predicted molar refractivity (Wildman–Crippen MR) is 106 cm³/mol. The van der Waals surface area contributed by atoms with Crippen LogP contribution in [0.4, 0.5) is 10.1 Å². The predicted octanol–water partition coefficient (Wildman–Crippen LogP) is 2.39. The van der Waals surface area contributed by atoms with Crippen molar-refractivity contribution < 1.29 is 14.0 Å². The second-order valence-electron chi connectivity index (χ2n) is 6.52. The molecule has 9 heteroatoms. The highest BCUT2D eigenvalue weighted by molar-refractivity contribution is 6.04. The Bertz CT molecular complexity index is 1010. The molecule has 2 amide bonds. The molecule has 0 aliphatic heterocycles. The summed E-state index contributed by atoms with van der Waals surface area (Å²) in [5, 5.41) is 9.29. The highest BCUT2D eigenvalue weighted by Crippen LogP contribution is 2.15. The fourth-order valence-corrected chi connectivity index (χ4v) is 3.00. The summed E-state index contributed by atoms with van der Waals surface area (Å²) in [6, 6.07) is 5.29. The van der Waals surface area contributed by atoms with Gasteiger partial charge in [-0.1, -0.05) is 6.92 Å². The van der Waals surface area contributed by atoms with Gasteiger partial charge in [0.2, 0.25) is 0 Å². The summed E-state index contributed by atoms with van der Waals surface area (Å²) < 4.78 is 17.4. The van der Waals surface area contributed by atoms with E-state index in [0.29, 0.717) is 18.7 Å². The van der Waals surface area contributed by atoms with Crippen LogP contribution in [0.2, 0.25) is 0 Å². The second-order valence-corrected chi connectivity index (χ2v) is 6.52. The SMILES string of the molecule is CCc1nccn1CCCNC(=O)c1cc(F)cc(NC(=O)c2ccnn2C)c1. The zero-order chi connectivity index (χ0) is 20.8. The van der Waals surface area contributed by atoms with Gasteiger partial charge in [-0.2, -0.15) is 5.10 Å². The summed E-state index contributed by atoms with van der Waals surface area (Å²) in [5.41, 5.74) is 0.667. The maximum absolute atomic E-state index is 14.0. The number of aromatic nitrogens is 4. The zero-order valence-corrected chi connectivity index (χ0v) is 16.4. The Morgan fingerprint density at radius 3 is 2.72 bits per heavy atom. The minimum absolute atomic E-state index is 0.141. The number of halogens is 1. The van der Waals surface area contributed by atoms with E-state index >= 15 is 0 Å². The van der Waals surface area contributed by atoms with Crippen molar-refractivity contribution in [1.29, 1.82) is 0 Å². The van der Waals surface area contributed by atoms with Crippen LogP contribution in [0, 0.1) is 5.82 Å². The van der Waals surface area contributed by atoms with E-state index in [-0.39, 0.29) is 11.3 Å². The van der Waals surface area contributed by atoms with Crippen LogP contribution in [-0.2, 0) is 20.0 Å². The van der Waals surface area contributed by atoms with Crippen molar-refractivity contribution in [2.75, 3.05) is 11.9 Å². The van der Waals surface area contributed by atoms with Crippen LogP contribution in [0.5, 0.6) is 0 Å². The van der Waals surface area contributed by atoms with Crippen molar-refractivity contribution in [3.8, 4) is 0 Å². The molecule has 3 rings (SSSR count). The van der Waals surface area contributed by atoms with E-state index in [1.165, 1.54) is 16.9 Å². The van der Waals surface area contributed by atoms with Gasteiger partial charge in [-0.3, -0.25) is 14.3 Å². The second kappa shape index (κ2) is 9.13. The van der Waals surface area contributed by atoms with Gasteiger partial charge in [0, 0.05) is 56.4 Å². The van der Waals surface area contributed by atoms with Crippen LogP contribution in [0.15, 0.2) is 42.9 Å². The van der Waals surface area contributed by atoms with Crippen LogP contribution < -0.4 is 10.6 Å². The molecule has 0 aliphatic carbocycles. The molecule has 0 radical (unpaired) electrons. The lowest BCUT2D eigenvalue weighted by Crippen LogP contribution is -2.25. The Balaban J connectivity index is 1.57. The quantitative estimate of drug-likeness (QED) is 0.570. The third-order valence-corrected chi connectivity index (χ3v) is 4.45. The number of benzene rings is 1. The van der Waals surface area contributed by atoms with E-state index in [1.807, 2.05) is 17.7 Å². The molecule has 2 aromatic heterocycles. The molecular weight excluding hydrogens is 375 g/mol. The number of imidazole rings is 1. The van der Waals surface area contributed by atoms with Crippen molar-refractivity contribution in [3.05, 3.63) is 65.8 Å². The van der Waals surface area contributed by atoms with Gasteiger partial charge in [0.1, 0.15) is 17.3 Å². The monoisotopic (exact) mass is 398 g/mol. The first-order valence-corrected chi connectivity index (χ1v) is 9.36.